The monoisotopic (exact) mass is 806 g/mol. The predicted molar refractivity (Wildman–Crippen MR) is 251 cm³/mol. The van der Waals surface area contributed by atoms with Crippen molar-refractivity contribution in [2.75, 3.05) is 0 Å². The molecule has 1 spiro atoms. The lowest BCUT2D eigenvalue weighted by atomic mass is 9.66. The normalized spacial score (nSPS) is 12.9. The minimum Gasteiger partial charge on any atom is -0.208 e. The molecular weight excluding hydrogens is 773 g/mol. The average molecular weight is 807 g/mol. The van der Waals surface area contributed by atoms with Gasteiger partial charge in [0.2, 0.25) is 0 Å². The molecular formula is C57H34N4S. The maximum Gasteiger partial charge on any atom is 0.164 e. The van der Waals surface area contributed by atoms with Gasteiger partial charge in [-0.15, -0.1) is 0 Å². The Balaban J connectivity index is 1.10. The number of nitrogens with zero attached hydrogens (tertiary/aromatic N) is 4. The lowest BCUT2D eigenvalue weighted by Crippen LogP contribution is -2.32. The molecule has 12 rings (SSSR count). The van der Waals surface area contributed by atoms with Gasteiger partial charge in [-0.3, -0.25) is 0 Å². The summed E-state index contributed by atoms with van der Waals surface area (Å²) in [6, 6.07) is 75.2. The molecule has 0 bridgehead atoms. The highest BCUT2D eigenvalue weighted by atomic mass is 32.2. The Labute approximate surface area is 363 Å². The van der Waals surface area contributed by atoms with Gasteiger partial charge in [0.25, 0.3) is 0 Å². The molecule has 0 saturated heterocycles. The van der Waals surface area contributed by atoms with E-state index in [9.17, 15) is 5.26 Å². The van der Waals surface area contributed by atoms with E-state index in [0.29, 0.717) is 23.0 Å². The molecule has 5 heteroatoms. The number of hydrogen-bond acceptors (Lipinski definition) is 5. The Morgan fingerprint density at radius 3 is 1.50 bits per heavy atom. The van der Waals surface area contributed by atoms with Crippen LogP contribution in [0.2, 0.25) is 0 Å². The van der Waals surface area contributed by atoms with Gasteiger partial charge < -0.3 is 0 Å². The van der Waals surface area contributed by atoms with Gasteiger partial charge in [0.05, 0.1) is 17.0 Å². The summed E-state index contributed by atoms with van der Waals surface area (Å²) in [4.78, 5) is 17.8. The molecule has 0 atom stereocenters. The van der Waals surface area contributed by atoms with Crippen molar-refractivity contribution in [3.8, 4) is 73.6 Å². The Morgan fingerprint density at radius 2 is 0.871 bits per heavy atom. The van der Waals surface area contributed by atoms with Crippen molar-refractivity contribution in [1.29, 1.82) is 5.26 Å². The highest BCUT2D eigenvalue weighted by Gasteiger charge is 2.50. The smallest absolute Gasteiger partial charge is 0.164 e. The summed E-state index contributed by atoms with van der Waals surface area (Å²) < 4.78 is 0. The van der Waals surface area contributed by atoms with E-state index in [2.05, 4.69) is 152 Å². The Morgan fingerprint density at radius 1 is 0.371 bits per heavy atom. The van der Waals surface area contributed by atoms with Gasteiger partial charge in [-0.25, -0.2) is 15.0 Å². The second-order valence-electron chi connectivity index (χ2n) is 15.8. The molecule has 9 aromatic carbocycles. The molecule has 4 nitrogen and oxygen atoms in total. The molecule has 0 saturated carbocycles. The lowest BCUT2D eigenvalue weighted by molar-refractivity contribution is 0.723. The number of hydrogen-bond donors (Lipinski definition) is 0. The molecule has 0 unspecified atom stereocenters. The largest absolute Gasteiger partial charge is 0.208 e. The van der Waals surface area contributed by atoms with Crippen LogP contribution in [0.5, 0.6) is 0 Å². The molecule has 0 radical (unpaired) electrons. The standard InChI is InChI=1S/C57H34N4S/c58-35-36-26-28-37(29-27-36)41-31-32-44(43-19-8-7-18-42(41)43)47-22-13-25-50-53(47)62-52-33-30-40(34-51(52)57(50)48-23-11-9-20-45(48)46-21-10-12-24-49(46)57)56-60-54(38-14-3-1-4-15-38)59-55(61-56)39-16-5-2-6-17-39/h1-34H. The van der Waals surface area contributed by atoms with Crippen LogP contribution in [-0.2, 0) is 5.41 Å². The number of nitriles is 1. The van der Waals surface area contributed by atoms with Crippen LogP contribution in [0.1, 0.15) is 27.8 Å². The van der Waals surface area contributed by atoms with Crippen LogP contribution in [0.4, 0.5) is 0 Å². The number of rotatable bonds is 5. The highest BCUT2D eigenvalue weighted by Crippen LogP contribution is 2.63. The van der Waals surface area contributed by atoms with Crippen molar-refractivity contribution >= 4 is 22.5 Å². The minimum absolute atomic E-state index is 0.620. The van der Waals surface area contributed by atoms with Crippen molar-refractivity contribution in [2.24, 2.45) is 0 Å². The first-order valence-corrected chi connectivity index (χ1v) is 21.6. The van der Waals surface area contributed by atoms with E-state index in [-0.39, 0.29) is 0 Å². The van der Waals surface area contributed by atoms with E-state index < -0.39 is 5.41 Å². The molecule has 2 heterocycles. The molecule has 10 aromatic rings. The first kappa shape index (κ1) is 36.0. The second-order valence-corrected chi connectivity index (χ2v) is 16.8. The third-order valence-corrected chi connectivity index (χ3v) is 13.7. The van der Waals surface area contributed by atoms with Gasteiger partial charge in [-0.05, 0) is 90.7 Å². The van der Waals surface area contributed by atoms with Gasteiger partial charge in [0.15, 0.2) is 17.5 Å². The summed E-state index contributed by atoms with van der Waals surface area (Å²) in [5, 5.41) is 11.8. The molecule has 0 N–H and O–H groups in total. The van der Waals surface area contributed by atoms with Gasteiger partial charge in [0, 0.05) is 26.5 Å². The molecule has 2 aliphatic rings. The van der Waals surface area contributed by atoms with Gasteiger partial charge in [-0.1, -0.05) is 194 Å². The summed E-state index contributed by atoms with van der Waals surface area (Å²) in [5.74, 6) is 1.91. The first-order valence-electron chi connectivity index (χ1n) is 20.7. The third-order valence-electron chi connectivity index (χ3n) is 12.5. The molecule has 1 aliphatic carbocycles. The highest BCUT2D eigenvalue weighted by molar-refractivity contribution is 7.99. The van der Waals surface area contributed by atoms with E-state index >= 15 is 0 Å². The van der Waals surface area contributed by atoms with Crippen LogP contribution in [0, 0.1) is 11.3 Å². The number of aromatic nitrogens is 3. The van der Waals surface area contributed by atoms with E-state index in [1.165, 1.54) is 65.1 Å². The summed E-state index contributed by atoms with van der Waals surface area (Å²) in [6.07, 6.45) is 0. The molecule has 288 valence electrons. The van der Waals surface area contributed by atoms with E-state index in [1.54, 1.807) is 0 Å². The zero-order valence-electron chi connectivity index (χ0n) is 33.3. The fourth-order valence-corrected chi connectivity index (χ4v) is 11.0. The van der Waals surface area contributed by atoms with Crippen molar-refractivity contribution < 1.29 is 0 Å². The van der Waals surface area contributed by atoms with Crippen molar-refractivity contribution in [3.05, 3.63) is 234 Å². The number of benzene rings is 9. The van der Waals surface area contributed by atoms with Crippen LogP contribution in [0.3, 0.4) is 0 Å². The fourth-order valence-electron chi connectivity index (χ4n) is 9.72. The Bertz CT molecular complexity index is 3340. The summed E-state index contributed by atoms with van der Waals surface area (Å²) in [7, 11) is 0. The van der Waals surface area contributed by atoms with Crippen LogP contribution in [-0.4, -0.2) is 15.0 Å². The zero-order valence-corrected chi connectivity index (χ0v) is 34.1. The average Bonchev–Trinajstić information content (AvgIpc) is 3.64. The Kier molecular flexibility index (Phi) is 8.35. The van der Waals surface area contributed by atoms with Crippen LogP contribution in [0.25, 0.3) is 78.3 Å². The van der Waals surface area contributed by atoms with E-state index in [4.69, 9.17) is 15.0 Å². The molecule has 0 fully saturated rings. The first-order chi connectivity index (χ1) is 30.7. The minimum atomic E-state index is -0.620. The van der Waals surface area contributed by atoms with Gasteiger partial charge in [-0.2, -0.15) is 5.26 Å². The quantitative estimate of drug-likeness (QED) is 0.173. The number of fused-ring (bicyclic) bond motifs is 10. The topological polar surface area (TPSA) is 62.5 Å². The molecule has 0 amide bonds. The molecule has 62 heavy (non-hydrogen) atoms. The van der Waals surface area contributed by atoms with Gasteiger partial charge in [0.1, 0.15) is 0 Å². The third kappa shape index (κ3) is 5.51. The fraction of sp³-hybridized carbons (Fsp3) is 0.0175. The summed E-state index contributed by atoms with van der Waals surface area (Å²) in [6.45, 7) is 0. The van der Waals surface area contributed by atoms with Crippen LogP contribution < -0.4 is 0 Å². The zero-order chi connectivity index (χ0) is 41.2. The lowest BCUT2D eigenvalue weighted by Gasteiger charge is -2.40. The van der Waals surface area contributed by atoms with Crippen molar-refractivity contribution in [1.82, 2.24) is 15.0 Å². The maximum absolute atomic E-state index is 9.48. The summed E-state index contributed by atoms with van der Waals surface area (Å²) in [5.41, 5.74) is 15.0. The van der Waals surface area contributed by atoms with Crippen molar-refractivity contribution in [2.45, 2.75) is 15.2 Å². The SMILES string of the molecule is N#Cc1ccc(-c2ccc(-c3cccc4c3Sc3ccc(-c5nc(-c6ccccc6)nc(-c6ccccc6)n5)cc3C43c4ccccc4-c4ccccc43)c3ccccc23)cc1. The second kappa shape index (κ2) is 14.4. The van der Waals surface area contributed by atoms with E-state index in [0.717, 1.165) is 27.8 Å². The van der Waals surface area contributed by atoms with Crippen LogP contribution >= 0.6 is 11.8 Å². The predicted octanol–water partition coefficient (Wildman–Crippen LogP) is 14.1. The van der Waals surface area contributed by atoms with Crippen LogP contribution in [0.15, 0.2) is 216 Å². The maximum atomic E-state index is 9.48. The Hall–Kier alpha value is -7.91. The summed E-state index contributed by atoms with van der Waals surface area (Å²) >= 11 is 1.85. The van der Waals surface area contributed by atoms with Crippen molar-refractivity contribution in [3.63, 3.8) is 0 Å². The molecule has 1 aromatic heterocycles. The molecule has 1 aliphatic heterocycles. The van der Waals surface area contributed by atoms with E-state index in [1.807, 2.05) is 72.4 Å². The van der Waals surface area contributed by atoms with Gasteiger partial charge >= 0.3 is 0 Å².